The number of hydrogen-bond donors (Lipinski definition) is 1. The summed E-state index contributed by atoms with van der Waals surface area (Å²) in [6.45, 7) is 9.44. The lowest BCUT2D eigenvalue weighted by molar-refractivity contribution is 0.233. The molecule has 1 aromatic heterocycles. The van der Waals surface area contributed by atoms with Crippen LogP contribution < -0.4 is 15.4 Å². The van der Waals surface area contributed by atoms with Crippen LogP contribution in [-0.4, -0.2) is 28.7 Å². The third-order valence-electron chi connectivity index (χ3n) is 3.58. The average molecular weight is 264 g/mol. The molecule has 0 bridgehead atoms. The molecule has 106 valence electrons. The van der Waals surface area contributed by atoms with E-state index in [2.05, 4.69) is 28.7 Å². The largest absolute Gasteiger partial charge is 0.473 e. The van der Waals surface area contributed by atoms with Crippen LogP contribution in [-0.2, 0) is 0 Å². The van der Waals surface area contributed by atoms with Crippen molar-refractivity contribution in [3.05, 3.63) is 6.33 Å². The fraction of sp³-hybridized carbons (Fsp3) is 0.714. The van der Waals surface area contributed by atoms with Gasteiger partial charge in [0.15, 0.2) is 5.82 Å². The Balaban J connectivity index is 2.24. The molecule has 2 heterocycles. The Morgan fingerprint density at radius 3 is 2.74 bits per heavy atom. The van der Waals surface area contributed by atoms with Gasteiger partial charge in [-0.15, -0.1) is 0 Å². The second-order valence-corrected chi connectivity index (χ2v) is 5.75. The second-order valence-electron chi connectivity index (χ2n) is 5.75. The van der Waals surface area contributed by atoms with E-state index in [1.807, 2.05) is 13.8 Å². The van der Waals surface area contributed by atoms with E-state index in [0.717, 1.165) is 18.3 Å². The fourth-order valence-electron chi connectivity index (χ4n) is 2.64. The van der Waals surface area contributed by atoms with Gasteiger partial charge in [-0.1, -0.05) is 6.92 Å². The minimum absolute atomic E-state index is 0.0591. The number of nitrogen functional groups attached to an aromatic ring is 1. The van der Waals surface area contributed by atoms with Gasteiger partial charge in [-0.25, -0.2) is 4.98 Å². The standard InChI is InChI=1S/C14H24N4O/c1-9(2)19-14-12(15)13(16-8-17-14)18-6-5-10(3)7-11(18)4/h8-11H,5-7,15H2,1-4H3. The zero-order valence-corrected chi connectivity index (χ0v) is 12.3. The maximum atomic E-state index is 6.17. The first-order valence-electron chi connectivity index (χ1n) is 7.02. The molecular formula is C14H24N4O. The zero-order chi connectivity index (χ0) is 14.0. The molecule has 0 amide bonds. The second kappa shape index (κ2) is 5.63. The van der Waals surface area contributed by atoms with Crippen molar-refractivity contribution in [3.63, 3.8) is 0 Å². The predicted octanol–water partition coefficient (Wildman–Crippen LogP) is 2.47. The van der Waals surface area contributed by atoms with E-state index in [4.69, 9.17) is 10.5 Å². The van der Waals surface area contributed by atoms with Crippen LogP contribution in [0.15, 0.2) is 6.33 Å². The molecule has 5 heteroatoms. The van der Waals surface area contributed by atoms with Gasteiger partial charge in [0.05, 0.1) is 6.10 Å². The van der Waals surface area contributed by atoms with E-state index >= 15 is 0 Å². The van der Waals surface area contributed by atoms with E-state index in [1.54, 1.807) is 0 Å². The van der Waals surface area contributed by atoms with Crippen molar-refractivity contribution >= 4 is 11.5 Å². The minimum Gasteiger partial charge on any atom is -0.473 e. The summed E-state index contributed by atoms with van der Waals surface area (Å²) in [7, 11) is 0. The lowest BCUT2D eigenvalue weighted by atomic mass is 9.93. The summed E-state index contributed by atoms with van der Waals surface area (Å²) in [6.07, 6.45) is 3.94. The Kier molecular flexibility index (Phi) is 4.12. The van der Waals surface area contributed by atoms with Crippen molar-refractivity contribution in [2.45, 2.75) is 52.7 Å². The molecular weight excluding hydrogens is 240 g/mol. The Labute approximate surface area is 115 Å². The quantitative estimate of drug-likeness (QED) is 0.908. The lowest BCUT2D eigenvalue weighted by Crippen LogP contribution is -2.41. The first kappa shape index (κ1) is 13.9. The number of rotatable bonds is 3. The molecule has 1 aromatic rings. The molecule has 0 saturated carbocycles. The van der Waals surface area contributed by atoms with E-state index < -0.39 is 0 Å². The van der Waals surface area contributed by atoms with Gasteiger partial charge >= 0.3 is 0 Å². The normalized spacial score (nSPS) is 23.7. The van der Waals surface area contributed by atoms with Gasteiger partial charge in [-0.3, -0.25) is 0 Å². The average Bonchev–Trinajstić information content (AvgIpc) is 2.32. The molecule has 1 fully saturated rings. The maximum absolute atomic E-state index is 6.17. The molecule has 19 heavy (non-hydrogen) atoms. The monoisotopic (exact) mass is 264 g/mol. The van der Waals surface area contributed by atoms with Gasteiger partial charge < -0.3 is 15.4 Å². The fourth-order valence-corrected chi connectivity index (χ4v) is 2.64. The van der Waals surface area contributed by atoms with Gasteiger partial charge in [-0.05, 0) is 39.5 Å². The highest BCUT2D eigenvalue weighted by atomic mass is 16.5. The van der Waals surface area contributed by atoms with E-state index in [9.17, 15) is 0 Å². The molecule has 2 unspecified atom stereocenters. The topological polar surface area (TPSA) is 64.3 Å². The predicted molar refractivity (Wildman–Crippen MR) is 77.4 cm³/mol. The van der Waals surface area contributed by atoms with Crippen molar-refractivity contribution in [3.8, 4) is 5.88 Å². The van der Waals surface area contributed by atoms with Crippen LogP contribution >= 0.6 is 0 Å². The molecule has 2 N–H and O–H groups in total. The summed E-state index contributed by atoms with van der Waals surface area (Å²) in [5, 5.41) is 0. The first-order valence-corrected chi connectivity index (χ1v) is 7.02. The smallest absolute Gasteiger partial charge is 0.242 e. The van der Waals surface area contributed by atoms with E-state index in [1.165, 1.54) is 19.2 Å². The van der Waals surface area contributed by atoms with Gasteiger partial charge in [-0.2, -0.15) is 4.98 Å². The van der Waals surface area contributed by atoms with Gasteiger partial charge in [0.1, 0.15) is 12.0 Å². The van der Waals surface area contributed by atoms with Crippen LogP contribution in [0.25, 0.3) is 0 Å². The molecule has 1 saturated heterocycles. The van der Waals surface area contributed by atoms with Crippen LogP contribution in [0, 0.1) is 5.92 Å². The van der Waals surface area contributed by atoms with Crippen molar-refractivity contribution in [1.29, 1.82) is 0 Å². The van der Waals surface area contributed by atoms with Crippen LogP contribution in [0.3, 0.4) is 0 Å². The van der Waals surface area contributed by atoms with E-state index in [-0.39, 0.29) is 6.10 Å². The number of nitrogens with zero attached hydrogens (tertiary/aromatic N) is 3. The Morgan fingerprint density at radius 1 is 1.37 bits per heavy atom. The summed E-state index contributed by atoms with van der Waals surface area (Å²) >= 11 is 0. The Hall–Kier alpha value is -1.52. The molecule has 2 rings (SSSR count). The molecule has 1 aliphatic rings. The highest BCUT2D eigenvalue weighted by Crippen LogP contribution is 2.33. The maximum Gasteiger partial charge on any atom is 0.242 e. The molecule has 1 aliphatic heterocycles. The zero-order valence-electron chi connectivity index (χ0n) is 12.3. The third-order valence-corrected chi connectivity index (χ3v) is 3.58. The van der Waals surface area contributed by atoms with Crippen LogP contribution in [0.1, 0.15) is 40.5 Å². The van der Waals surface area contributed by atoms with Gasteiger partial charge in [0.2, 0.25) is 5.88 Å². The highest BCUT2D eigenvalue weighted by molar-refractivity contribution is 5.68. The summed E-state index contributed by atoms with van der Waals surface area (Å²) in [5.41, 5.74) is 6.72. The number of hydrogen-bond acceptors (Lipinski definition) is 5. The van der Waals surface area contributed by atoms with Crippen molar-refractivity contribution < 1.29 is 4.74 Å². The third kappa shape index (κ3) is 3.08. The van der Waals surface area contributed by atoms with Crippen molar-refractivity contribution in [2.75, 3.05) is 17.2 Å². The summed E-state index contributed by atoms with van der Waals surface area (Å²) < 4.78 is 5.63. The molecule has 0 radical (unpaired) electrons. The summed E-state index contributed by atoms with van der Waals surface area (Å²) in [6, 6.07) is 0.452. The van der Waals surface area contributed by atoms with Crippen molar-refractivity contribution in [1.82, 2.24) is 9.97 Å². The lowest BCUT2D eigenvalue weighted by Gasteiger charge is -2.37. The highest BCUT2D eigenvalue weighted by Gasteiger charge is 2.26. The van der Waals surface area contributed by atoms with Crippen LogP contribution in [0.5, 0.6) is 5.88 Å². The summed E-state index contributed by atoms with van der Waals surface area (Å²) in [5.74, 6) is 2.07. The molecule has 0 spiro atoms. The van der Waals surface area contributed by atoms with Crippen molar-refractivity contribution in [2.24, 2.45) is 5.92 Å². The van der Waals surface area contributed by atoms with Gasteiger partial charge in [0, 0.05) is 12.6 Å². The first-order chi connectivity index (χ1) is 8.99. The molecule has 0 aromatic carbocycles. The van der Waals surface area contributed by atoms with Crippen LogP contribution in [0.2, 0.25) is 0 Å². The number of ether oxygens (including phenoxy) is 1. The number of nitrogens with two attached hydrogens (primary N) is 1. The Morgan fingerprint density at radius 2 is 2.11 bits per heavy atom. The molecule has 5 nitrogen and oxygen atoms in total. The van der Waals surface area contributed by atoms with E-state index in [0.29, 0.717) is 17.6 Å². The van der Waals surface area contributed by atoms with Crippen LogP contribution in [0.4, 0.5) is 11.5 Å². The molecule has 2 atom stereocenters. The summed E-state index contributed by atoms with van der Waals surface area (Å²) in [4.78, 5) is 10.8. The number of anilines is 2. The molecule has 0 aliphatic carbocycles. The minimum atomic E-state index is 0.0591. The SMILES string of the molecule is CC1CCN(c2ncnc(OC(C)C)c2N)C(C)C1. The number of piperidine rings is 1. The number of aromatic nitrogens is 2. The Bertz CT molecular complexity index is 435. The van der Waals surface area contributed by atoms with Gasteiger partial charge in [0.25, 0.3) is 0 Å².